The second kappa shape index (κ2) is 4.63. The van der Waals surface area contributed by atoms with E-state index in [1.54, 1.807) is 0 Å². The quantitative estimate of drug-likeness (QED) is 0.766. The van der Waals surface area contributed by atoms with Gasteiger partial charge in [0.1, 0.15) is 0 Å². The minimum atomic E-state index is 0.165. The molecular weight excluding hydrogens is 222 g/mol. The summed E-state index contributed by atoms with van der Waals surface area (Å²) in [4.78, 5) is 15.0. The van der Waals surface area contributed by atoms with E-state index in [-0.39, 0.29) is 12.0 Å². The Bertz CT molecular complexity index is 332. The van der Waals surface area contributed by atoms with E-state index < -0.39 is 0 Å². The molecule has 2 aliphatic rings. The molecule has 104 valence electrons. The van der Waals surface area contributed by atoms with Crippen molar-refractivity contribution in [3.05, 3.63) is 0 Å². The van der Waals surface area contributed by atoms with Crippen LogP contribution in [0.15, 0.2) is 0 Å². The molecule has 0 radical (unpaired) electrons. The van der Waals surface area contributed by atoms with Crippen molar-refractivity contribution in [2.45, 2.75) is 66.5 Å². The largest absolute Gasteiger partial charge is 0.298 e. The van der Waals surface area contributed by atoms with E-state index in [2.05, 4.69) is 32.6 Å². The zero-order chi connectivity index (χ0) is 13.7. The van der Waals surface area contributed by atoms with E-state index in [1.165, 1.54) is 12.8 Å². The van der Waals surface area contributed by atoms with Crippen LogP contribution >= 0.6 is 0 Å². The van der Waals surface area contributed by atoms with Crippen LogP contribution in [0.4, 0.5) is 0 Å². The molecule has 0 N–H and O–H groups in total. The fourth-order valence-corrected chi connectivity index (χ4v) is 4.10. The highest BCUT2D eigenvalue weighted by Crippen LogP contribution is 2.53. The SMILES string of the molecule is CC(C)C(=O)C1[C@H]2CCC(C)(C)[C@H]2CN1C(C)C. The number of carbonyl (C=O) groups is 1. The first-order valence-corrected chi connectivity index (χ1v) is 7.55. The summed E-state index contributed by atoms with van der Waals surface area (Å²) in [5, 5.41) is 0. The first kappa shape index (κ1) is 14.0. The molecule has 18 heavy (non-hydrogen) atoms. The van der Waals surface area contributed by atoms with Crippen LogP contribution in [0, 0.1) is 23.2 Å². The molecule has 1 saturated carbocycles. The number of Topliss-reactive ketones (excluding diaryl/α,β-unsaturated/α-hetero) is 1. The van der Waals surface area contributed by atoms with Gasteiger partial charge in [0.05, 0.1) is 6.04 Å². The Morgan fingerprint density at radius 1 is 1.22 bits per heavy atom. The highest BCUT2D eigenvalue weighted by Gasteiger charge is 2.54. The molecule has 1 aliphatic carbocycles. The van der Waals surface area contributed by atoms with E-state index >= 15 is 0 Å². The molecule has 0 aromatic heterocycles. The highest BCUT2D eigenvalue weighted by atomic mass is 16.1. The number of rotatable bonds is 3. The van der Waals surface area contributed by atoms with Gasteiger partial charge in [0, 0.05) is 18.5 Å². The minimum absolute atomic E-state index is 0.165. The van der Waals surface area contributed by atoms with Gasteiger partial charge in [0.2, 0.25) is 0 Å². The highest BCUT2D eigenvalue weighted by molar-refractivity contribution is 5.86. The van der Waals surface area contributed by atoms with Crippen molar-refractivity contribution in [2.75, 3.05) is 6.54 Å². The molecule has 1 unspecified atom stereocenters. The summed E-state index contributed by atoms with van der Waals surface area (Å²) in [6.45, 7) is 14.5. The van der Waals surface area contributed by atoms with Gasteiger partial charge in [0.15, 0.2) is 5.78 Å². The molecular formula is C16H29NO. The average molecular weight is 251 g/mol. The van der Waals surface area contributed by atoms with Crippen molar-refractivity contribution in [1.82, 2.24) is 4.90 Å². The van der Waals surface area contributed by atoms with E-state index in [0.29, 0.717) is 29.1 Å². The normalized spacial score (nSPS) is 35.4. The Hall–Kier alpha value is -0.370. The average Bonchev–Trinajstić information content (AvgIpc) is 2.76. The third-order valence-corrected chi connectivity index (χ3v) is 5.34. The lowest BCUT2D eigenvalue weighted by Gasteiger charge is -2.31. The molecule has 0 amide bonds. The Morgan fingerprint density at radius 2 is 1.83 bits per heavy atom. The van der Waals surface area contributed by atoms with Gasteiger partial charge in [-0.15, -0.1) is 0 Å². The van der Waals surface area contributed by atoms with Gasteiger partial charge >= 0.3 is 0 Å². The topological polar surface area (TPSA) is 20.3 Å². The van der Waals surface area contributed by atoms with E-state index in [4.69, 9.17) is 0 Å². The lowest BCUT2D eigenvalue weighted by Crippen LogP contribution is -2.45. The molecule has 0 aromatic rings. The van der Waals surface area contributed by atoms with Crippen LogP contribution in [0.2, 0.25) is 0 Å². The molecule has 3 atom stereocenters. The van der Waals surface area contributed by atoms with Gasteiger partial charge < -0.3 is 0 Å². The molecule has 2 rings (SSSR count). The third kappa shape index (κ3) is 2.13. The molecule has 2 nitrogen and oxygen atoms in total. The number of carbonyl (C=O) groups excluding carboxylic acids is 1. The number of fused-ring (bicyclic) bond motifs is 1. The molecule has 1 saturated heterocycles. The predicted molar refractivity (Wildman–Crippen MR) is 75.5 cm³/mol. The zero-order valence-electron chi connectivity index (χ0n) is 12.9. The maximum absolute atomic E-state index is 12.6. The van der Waals surface area contributed by atoms with Gasteiger partial charge in [0.25, 0.3) is 0 Å². The van der Waals surface area contributed by atoms with Crippen LogP contribution in [-0.4, -0.2) is 29.3 Å². The monoisotopic (exact) mass is 251 g/mol. The Morgan fingerprint density at radius 3 is 2.33 bits per heavy atom. The van der Waals surface area contributed by atoms with Crippen LogP contribution < -0.4 is 0 Å². The van der Waals surface area contributed by atoms with Crippen LogP contribution in [0.3, 0.4) is 0 Å². The molecule has 0 aromatic carbocycles. The van der Waals surface area contributed by atoms with Crippen LogP contribution in [0.1, 0.15) is 54.4 Å². The van der Waals surface area contributed by atoms with Gasteiger partial charge in [-0.1, -0.05) is 27.7 Å². The van der Waals surface area contributed by atoms with Gasteiger partial charge in [-0.2, -0.15) is 0 Å². The van der Waals surface area contributed by atoms with Crippen LogP contribution in [0.25, 0.3) is 0 Å². The fraction of sp³-hybridized carbons (Fsp3) is 0.938. The Kier molecular flexibility index (Phi) is 3.61. The maximum Gasteiger partial charge on any atom is 0.152 e. The van der Waals surface area contributed by atoms with Gasteiger partial charge in [-0.25, -0.2) is 0 Å². The second-order valence-electron chi connectivity index (χ2n) is 7.59. The molecule has 2 heteroatoms. The number of nitrogens with zero attached hydrogens (tertiary/aromatic N) is 1. The number of likely N-dealkylation sites (tertiary alicyclic amines) is 1. The fourth-order valence-electron chi connectivity index (χ4n) is 4.10. The first-order valence-electron chi connectivity index (χ1n) is 7.55. The zero-order valence-corrected chi connectivity index (χ0v) is 12.9. The smallest absolute Gasteiger partial charge is 0.152 e. The summed E-state index contributed by atoms with van der Waals surface area (Å²) in [6.07, 6.45) is 2.53. The van der Waals surface area contributed by atoms with Crippen molar-refractivity contribution in [1.29, 1.82) is 0 Å². The summed E-state index contributed by atoms with van der Waals surface area (Å²) < 4.78 is 0. The first-order chi connectivity index (χ1) is 8.25. The van der Waals surface area contributed by atoms with E-state index in [9.17, 15) is 4.79 Å². The molecule has 1 heterocycles. The Labute approximate surface area is 112 Å². The molecule has 0 spiro atoms. The Balaban J connectivity index is 2.27. The van der Waals surface area contributed by atoms with Crippen molar-refractivity contribution < 1.29 is 4.79 Å². The van der Waals surface area contributed by atoms with Crippen molar-refractivity contribution in [3.8, 4) is 0 Å². The number of hydrogen-bond donors (Lipinski definition) is 0. The van der Waals surface area contributed by atoms with Crippen LogP contribution in [-0.2, 0) is 4.79 Å². The lowest BCUT2D eigenvalue weighted by atomic mass is 9.78. The summed E-state index contributed by atoms with van der Waals surface area (Å²) in [5.74, 6) is 1.96. The predicted octanol–water partition coefficient (Wildman–Crippen LogP) is 3.36. The van der Waals surface area contributed by atoms with Crippen LogP contribution in [0.5, 0.6) is 0 Å². The molecule has 1 aliphatic heterocycles. The standard InChI is InChI=1S/C16H29NO/c1-10(2)15(18)14-12-7-8-16(5,6)13(12)9-17(14)11(3)4/h10-14H,7-9H2,1-6H3/t12-,13-,14?/m0/s1. The maximum atomic E-state index is 12.6. The second-order valence-corrected chi connectivity index (χ2v) is 7.59. The number of hydrogen-bond acceptors (Lipinski definition) is 2. The van der Waals surface area contributed by atoms with E-state index in [0.717, 1.165) is 6.54 Å². The summed E-state index contributed by atoms with van der Waals surface area (Å²) in [6, 6.07) is 0.677. The molecule has 0 bridgehead atoms. The van der Waals surface area contributed by atoms with Crippen molar-refractivity contribution >= 4 is 5.78 Å². The molecule has 2 fully saturated rings. The minimum Gasteiger partial charge on any atom is -0.298 e. The van der Waals surface area contributed by atoms with Crippen molar-refractivity contribution in [3.63, 3.8) is 0 Å². The summed E-state index contributed by atoms with van der Waals surface area (Å²) in [7, 11) is 0. The summed E-state index contributed by atoms with van der Waals surface area (Å²) in [5.41, 5.74) is 0.420. The van der Waals surface area contributed by atoms with E-state index in [1.807, 2.05) is 13.8 Å². The van der Waals surface area contributed by atoms with Gasteiger partial charge in [-0.05, 0) is 43.9 Å². The lowest BCUT2D eigenvalue weighted by molar-refractivity contribution is -0.128. The van der Waals surface area contributed by atoms with Crippen molar-refractivity contribution in [2.24, 2.45) is 23.2 Å². The number of ketones is 1. The van der Waals surface area contributed by atoms with Gasteiger partial charge in [-0.3, -0.25) is 9.69 Å². The summed E-state index contributed by atoms with van der Waals surface area (Å²) >= 11 is 0. The third-order valence-electron chi connectivity index (χ3n) is 5.34.